The van der Waals surface area contributed by atoms with Gasteiger partial charge in [-0.25, -0.2) is 0 Å². The van der Waals surface area contributed by atoms with Gasteiger partial charge in [0.25, 0.3) is 0 Å². The van der Waals surface area contributed by atoms with Crippen molar-refractivity contribution in [2.75, 3.05) is 6.61 Å². The lowest BCUT2D eigenvalue weighted by Gasteiger charge is -2.35. The fraction of sp³-hybridized carbons (Fsp3) is 0.833. The van der Waals surface area contributed by atoms with Crippen molar-refractivity contribution in [2.24, 2.45) is 11.3 Å². The summed E-state index contributed by atoms with van der Waals surface area (Å²) in [6.45, 7) is 4.17. The molecule has 0 amide bonds. The maximum Gasteiger partial charge on any atom is 0.323 e. The Morgan fingerprint density at radius 1 is 1.47 bits per heavy atom. The summed E-state index contributed by atoms with van der Waals surface area (Å²) >= 11 is 0. The minimum atomic E-state index is -0.585. The number of nitriles is 1. The molecule has 1 aliphatic carbocycles. The van der Waals surface area contributed by atoms with E-state index < -0.39 is 5.92 Å². The molecule has 15 heavy (non-hydrogen) atoms. The number of hydrogen-bond donors (Lipinski definition) is 0. The van der Waals surface area contributed by atoms with Crippen LogP contribution in [0.15, 0.2) is 0 Å². The smallest absolute Gasteiger partial charge is 0.323 e. The minimum absolute atomic E-state index is 0.167. The highest BCUT2D eigenvalue weighted by atomic mass is 16.5. The van der Waals surface area contributed by atoms with Gasteiger partial charge in [0.1, 0.15) is 5.92 Å². The maximum atomic E-state index is 11.6. The first-order valence-electron chi connectivity index (χ1n) is 5.70. The fourth-order valence-electron chi connectivity index (χ4n) is 2.37. The number of ether oxygens (including phenoxy) is 1. The van der Waals surface area contributed by atoms with E-state index in [1.807, 2.05) is 6.92 Å². The Kier molecular flexibility index (Phi) is 4.14. The van der Waals surface area contributed by atoms with Crippen LogP contribution in [0.4, 0.5) is 0 Å². The average Bonchev–Trinajstić information content (AvgIpc) is 2.19. The van der Waals surface area contributed by atoms with E-state index in [1.165, 1.54) is 6.42 Å². The minimum Gasteiger partial charge on any atom is -0.465 e. The van der Waals surface area contributed by atoms with Crippen LogP contribution >= 0.6 is 0 Å². The van der Waals surface area contributed by atoms with E-state index in [1.54, 1.807) is 6.92 Å². The Morgan fingerprint density at radius 3 is 2.53 bits per heavy atom. The Balaban J connectivity index is 2.72. The van der Waals surface area contributed by atoms with E-state index in [2.05, 4.69) is 6.07 Å². The molecule has 0 aromatic rings. The quantitative estimate of drug-likeness (QED) is 0.671. The standard InChI is InChI=1S/C12H19NO2/c1-3-15-11(14)10(9-13)12(2)7-5-4-6-8-12/h10H,3-8H2,1-2H3/t10-/m0/s1. The van der Waals surface area contributed by atoms with Crippen molar-refractivity contribution in [2.45, 2.75) is 46.0 Å². The lowest BCUT2D eigenvalue weighted by atomic mass is 9.68. The van der Waals surface area contributed by atoms with Gasteiger partial charge in [-0.15, -0.1) is 0 Å². The lowest BCUT2D eigenvalue weighted by molar-refractivity contribution is -0.150. The van der Waals surface area contributed by atoms with Crippen molar-refractivity contribution in [1.82, 2.24) is 0 Å². The highest BCUT2D eigenvalue weighted by molar-refractivity contribution is 5.76. The van der Waals surface area contributed by atoms with Gasteiger partial charge in [-0.3, -0.25) is 4.79 Å². The second kappa shape index (κ2) is 5.16. The first-order valence-corrected chi connectivity index (χ1v) is 5.70. The van der Waals surface area contributed by atoms with Gasteiger partial charge in [0.2, 0.25) is 0 Å². The Morgan fingerprint density at radius 2 is 2.07 bits per heavy atom. The van der Waals surface area contributed by atoms with E-state index >= 15 is 0 Å². The molecule has 1 rings (SSSR count). The molecule has 0 aromatic heterocycles. The van der Waals surface area contributed by atoms with Gasteiger partial charge in [0, 0.05) is 0 Å². The van der Waals surface area contributed by atoms with Gasteiger partial charge in [0.05, 0.1) is 12.7 Å². The zero-order valence-corrected chi connectivity index (χ0v) is 9.58. The van der Waals surface area contributed by atoms with Crippen molar-refractivity contribution >= 4 is 5.97 Å². The van der Waals surface area contributed by atoms with Crippen LogP contribution in [0.2, 0.25) is 0 Å². The van der Waals surface area contributed by atoms with Crippen molar-refractivity contribution in [3.8, 4) is 6.07 Å². The summed E-state index contributed by atoms with van der Waals surface area (Å²) in [7, 11) is 0. The van der Waals surface area contributed by atoms with Crippen LogP contribution in [-0.2, 0) is 9.53 Å². The second-order valence-electron chi connectivity index (χ2n) is 4.53. The second-order valence-corrected chi connectivity index (χ2v) is 4.53. The molecular weight excluding hydrogens is 190 g/mol. The van der Waals surface area contributed by atoms with E-state index in [9.17, 15) is 4.79 Å². The van der Waals surface area contributed by atoms with Crippen molar-refractivity contribution < 1.29 is 9.53 Å². The fourth-order valence-corrected chi connectivity index (χ4v) is 2.37. The summed E-state index contributed by atoms with van der Waals surface area (Å²) in [6, 6.07) is 2.12. The summed E-state index contributed by atoms with van der Waals surface area (Å²) in [5, 5.41) is 9.09. The Bertz CT molecular complexity index is 261. The molecule has 0 unspecified atom stereocenters. The molecular formula is C12H19NO2. The Labute approximate surface area is 91.4 Å². The number of hydrogen-bond acceptors (Lipinski definition) is 3. The van der Waals surface area contributed by atoms with Gasteiger partial charge >= 0.3 is 5.97 Å². The zero-order valence-electron chi connectivity index (χ0n) is 9.58. The highest BCUT2D eigenvalue weighted by Gasteiger charge is 2.40. The number of carbonyl (C=O) groups is 1. The van der Waals surface area contributed by atoms with E-state index in [4.69, 9.17) is 10.00 Å². The predicted octanol–water partition coefficient (Wildman–Crippen LogP) is 2.66. The third-order valence-electron chi connectivity index (χ3n) is 3.34. The zero-order chi connectivity index (χ0) is 11.3. The van der Waals surface area contributed by atoms with E-state index in [0.717, 1.165) is 25.7 Å². The summed E-state index contributed by atoms with van der Waals surface area (Å²) in [5.41, 5.74) is -0.167. The molecule has 1 saturated carbocycles. The summed E-state index contributed by atoms with van der Waals surface area (Å²) < 4.78 is 4.95. The molecule has 1 fully saturated rings. The van der Waals surface area contributed by atoms with Crippen LogP contribution in [0.3, 0.4) is 0 Å². The van der Waals surface area contributed by atoms with Gasteiger partial charge in [-0.1, -0.05) is 26.2 Å². The summed E-state index contributed by atoms with van der Waals surface area (Å²) in [6.07, 6.45) is 5.38. The first-order chi connectivity index (χ1) is 7.14. The summed E-state index contributed by atoms with van der Waals surface area (Å²) in [5.74, 6) is -0.929. The molecule has 3 nitrogen and oxygen atoms in total. The molecule has 0 heterocycles. The van der Waals surface area contributed by atoms with Crippen LogP contribution in [0.5, 0.6) is 0 Å². The van der Waals surface area contributed by atoms with Gasteiger partial charge in [-0.05, 0) is 25.2 Å². The van der Waals surface area contributed by atoms with Gasteiger partial charge in [-0.2, -0.15) is 5.26 Å². The monoisotopic (exact) mass is 209 g/mol. The van der Waals surface area contributed by atoms with Crippen molar-refractivity contribution in [3.05, 3.63) is 0 Å². The van der Waals surface area contributed by atoms with Gasteiger partial charge in [0.15, 0.2) is 0 Å². The SMILES string of the molecule is CCOC(=O)[C@H](C#N)C1(C)CCCCC1. The average molecular weight is 209 g/mol. The molecule has 0 radical (unpaired) electrons. The number of rotatable bonds is 3. The topological polar surface area (TPSA) is 50.1 Å². The molecule has 0 N–H and O–H groups in total. The maximum absolute atomic E-state index is 11.6. The number of carbonyl (C=O) groups excluding carboxylic acids is 1. The molecule has 0 saturated heterocycles. The number of esters is 1. The Hall–Kier alpha value is -1.04. The number of nitrogens with zero attached hydrogens (tertiary/aromatic N) is 1. The van der Waals surface area contributed by atoms with E-state index in [-0.39, 0.29) is 11.4 Å². The van der Waals surface area contributed by atoms with Crippen LogP contribution in [0.1, 0.15) is 46.0 Å². The van der Waals surface area contributed by atoms with E-state index in [0.29, 0.717) is 6.61 Å². The highest BCUT2D eigenvalue weighted by Crippen LogP contribution is 2.42. The summed E-state index contributed by atoms with van der Waals surface area (Å²) in [4.78, 5) is 11.6. The molecule has 0 spiro atoms. The van der Waals surface area contributed by atoms with Crippen LogP contribution in [0, 0.1) is 22.7 Å². The normalized spacial score (nSPS) is 21.4. The first kappa shape index (κ1) is 12.0. The molecule has 1 atom stereocenters. The van der Waals surface area contributed by atoms with Crippen LogP contribution in [-0.4, -0.2) is 12.6 Å². The lowest BCUT2D eigenvalue weighted by Crippen LogP contribution is -2.35. The molecule has 0 aromatic carbocycles. The largest absolute Gasteiger partial charge is 0.465 e. The molecule has 1 aliphatic rings. The third kappa shape index (κ3) is 2.71. The molecule has 3 heteroatoms. The van der Waals surface area contributed by atoms with Gasteiger partial charge < -0.3 is 4.74 Å². The van der Waals surface area contributed by atoms with Crippen LogP contribution in [0.25, 0.3) is 0 Å². The predicted molar refractivity (Wildman–Crippen MR) is 56.9 cm³/mol. The molecule has 84 valence electrons. The van der Waals surface area contributed by atoms with Crippen molar-refractivity contribution in [3.63, 3.8) is 0 Å². The third-order valence-corrected chi connectivity index (χ3v) is 3.34. The van der Waals surface area contributed by atoms with Crippen LogP contribution < -0.4 is 0 Å². The molecule has 0 aliphatic heterocycles. The molecule has 0 bridgehead atoms. The van der Waals surface area contributed by atoms with Crippen molar-refractivity contribution in [1.29, 1.82) is 5.26 Å².